The lowest BCUT2D eigenvalue weighted by Gasteiger charge is -2.32. The van der Waals surface area contributed by atoms with Gasteiger partial charge in [-0.25, -0.2) is 4.79 Å². The standard InChI is InChI=1S/C17H18ClN3O4/c18-12-6-4-11(5-7-12)16-19-14(25-20-16)8-9-15(22)21-10-2-1-3-13(21)17(23)24/h4-7,13H,1-3,8-10H2,(H,23,24)/t13-/m0/s1. The van der Waals surface area contributed by atoms with Crippen molar-refractivity contribution in [3.8, 4) is 11.4 Å². The maximum Gasteiger partial charge on any atom is 0.326 e. The molecule has 1 amide bonds. The number of amides is 1. The molecule has 8 heteroatoms. The summed E-state index contributed by atoms with van der Waals surface area (Å²) in [7, 11) is 0. The van der Waals surface area contributed by atoms with Crippen LogP contribution in [0, 0.1) is 0 Å². The molecule has 0 spiro atoms. The Balaban J connectivity index is 1.61. The van der Waals surface area contributed by atoms with Crippen LogP contribution in [0.15, 0.2) is 28.8 Å². The molecule has 1 saturated heterocycles. The van der Waals surface area contributed by atoms with E-state index >= 15 is 0 Å². The van der Waals surface area contributed by atoms with Crippen LogP contribution in [0.4, 0.5) is 0 Å². The quantitative estimate of drug-likeness (QED) is 0.877. The molecular formula is C17H18ClN3O4. The van der Waals surface area contributed by atoms with Gasteiger partial charge in [-0.05, 0) is 43.5 Å². The predicted molar refractivity (Wildman–Crippen MR) is 90.1 cm³/mol. The van der Waals surface area contributed by atoms with Gasteiger partial charge in [0.05, 0.1) is 0 Å². The van der Waals surface area contributed by atoms with Crippen LogP contribution in [-0.4, -0.2) is 44.6 Å². The van der Waals surface area contributed by atoms with Crippen LogP contribution in [0.25, 0.3) is 11.4 Å². The van der Waals surface area contributed by atoms with E-state index in [2.05, 4.69) is 10.1 Å². The highest BCUT2D eigenvalue weighted by Gasteiger charge is 2.31. The van der Waals surface area contributed by atoms with E-state index in [0.717, 1.165) is 18.4 Å². The van der Waals surface area contributed by atoms with E-state index in [4.69, 9.17) is 16.1 Å². The second kappa shape index (κ2) is 7.65. The number of carboxylic acids is 1. The Hall–Kier alpha value is -2.41. The van der Waals surface area contributed by atoms with Crippen molar-refractivity contribution in [3.05, 3.63) is 35.2 Å². The number of aryl methyl sites for hydroxylation is 1. The zero-order chi connectivity index (χ0) is 17.8. The SMILES string of the molecule is O=C(O)[C@@H]1CCCCN1C(=O)CCc1nc(-c2ccc(Cl)cc2)no1. The maximum atomic E-state index is 12.4. The summed E-state index contributed by atoms with van der Waals surface area (Å²) in [4.78, 5) is 29.4. The molecule has 25 heavy (non-hydrogen) atoms. The van der Waals surface area contributed by atoms with Gasteiger partial charge in [0.25, 0.3) is 0 Å². The van der Waals surface area contributed by atoms with Gasteiger partial charge in [0.1, 0.15) is 6.04 Å². The van der Waals surface area contributed by atoms with Gasteiger partial charge in [-0.3, -0.25) is 4.79 Å². The highest BCUT2D eigenvalue weighted by atomic mass is 35.5. The van der Waals surface area contributed by atoms with Crippen molar-refractivity contribution < 1.29 is 19.2 Å². The number of aromatic nitrogens is 2. The molecule has 0 radical (unpaired) electrons. The number of nitrogens with zero attached hydrogens (tertiary/aromatic N) is 3. The fraction of sp³-hybridized carbons (Fsp3) is 0.412. The largest absolute Gasteiger partial charge is 0.480 e. The first-order chi connectivity index (χ1) is 12.0. The number of carbonyl (C=O) groups excluding carboxylic acids is 1. The lowest BCUT2D eigenvalue weighted by atomic mass is 10.0. The van der Waals surface area contributed by atoms with Crippen molar-refractivity contribution in [2.75, 3.05) is 6.54 Å². The van der Waals surface area contributed by atoms with E-state index in [1.807, 2.05) is 0 Å². The number of aliphatic carboxylic acids is 1. The van der Waals surface area contributed by atoms with E-state index in [-0.39, 0.29) is 18.7 Å². The van der Waals surface area contributed by atoms with Crippen LogP contribution in [0.5, 0.6) is 0 Å². The fourth-order valence-electron chi connectivity index (χ4n) is 2.92. The van der Waals surface area contributed by atoms with Crippen LogP contribution in [0.1, 0.15) is 31.6 Å². The topological polar surface area (TPSA) is 96.5 Å². The number of halogens is 1. The van der Waals surface area contributed by atoms with Crippen LogP contribution in [0.3, 0.4) is 0 Å². The molecule has 1 atom stereocenters. The van der Waals surface area contributed by atoms with Crippen LogP contribution in [0.2, 0.25) is 5.02 Å². The van der Waals surface area contributed by atoms with Gasteiger partial charge in [0.2, 0.25) is 17.6 Å². The van der Waals surface area contributed by atoms with Crippen molar-refractivity contribution >= 4 is 23.5 Å². The number of hydrogen-bond acceptors (Lipinski definition) is 5. The summed E-state index contributed by atoms with van der Waals surface area (Å²) >= 11 is 5.85. The molecule has 0 unspecified atom stereocenters. The third-order valence-electron chi connectivity index (χ3n) is 4.23. The normalized spacial score (nSPS) is 17.5. The molecule has 0 bridgehead atoms. The average Bonchev–Trinajstić information content (AvgIpc) is 3.09. The number of piperidine rings is 1. The molecule has 3 rings (SSSR count). The third kappa shape index (κ3) is 4.17. The number of carboxylic acid groups (broad SMARTS) is 1. The van der Waals surface area contributed by atoms with E-state index in [9.17, 15) is 14.7 Å². The molecule has 0 saturated carbocycles. The molecule has 1 N–H and O–H groups in total. The number of rotatable bonds is 5. The van der Waals surface area contributed by atoms with Gasteiger partial charge in [-0.2, -0.15) is 4.98 Å². The Morgan fingerprint density at radius 2 is 2.04 bits per heavy atom. The summed E-state index contributed by atoms with van der Waals surface area (Å²) in [5.74, 6) is -0.364. The first-order valence-corrected chi connectivity index (χ1v) is 8.53. The van der Waals surface area contributed by atoms with Gasteiger partial charge in [0, 0.05) is 30.0 Å². The molecule has 0 aliphatic carbocycles. The van der Waals surface area contributed by atoms with Crippen molar-refractivity contribution in [2.24, 2.45) is 0 Å². The summed E-state index contributed by atoms with van der Waals surface area (Å²) < 4.78 is 5.18. The lowest BCUT2D eigenvalue weighted by molar-refractivity contribution is -0.152. The Morgan fingerprint density at radius 3 is 2.76 bits per heavy atom. The number of likely N-dealkylation sites (tertiary alicyclic amines) is 1. The summed E-state index contributed by atoms with van der Waals surface area (Å²) in [5.41, 5.74) is 0.771. The van der Waals surface area contributed by atoms with Crippen LogP contribution >= 0.6 is 11.6 Å². The molecule has 1 aliphatic heterocycles. The first-order valence-electron chi connectivity index (χ1n) is 8.15. The van der Waals surface area contributed by atoms with Gasteiger partial charge in [0.15, 0.2) is 0 Å². The Bertz CT molecular complexity index is 760. The van der Waals surface area contributed by atoms with Gasteiger partial charge >= 0.3 is 5.97 Å². The first kappa shape index (κ1) is 17.4. The predicted octanol–water partition coefficient (Wildman–Crippen LogP) is 2.79. The van der Waals surface area contributed by atoms with Crippen LogP contribution in [-0.2, 0) is 16.0 Å². The Morgan fingerprint density at radius 1 is 1.28 bits per heavy atom. The molecular weight excluding hydrogens is 346 g/mol. The third-order valence-corrected chi connectivity index (χ3v) is 4.48. The van der Waals surface area contributed by atoms with E-state index < -0.39 is 12.0 Å². The fourth-order valence-corrected chi connectivity index (χ4v) is 3.04. The molecule has 2 heterocycles. The second-order valence-electron chi connectivity index (χ2n) is 5.96. The summed E-state index contributed by atoms with van der Waals surface area (Å²) in [6.07, 6.45) is 2.59. The Labute approximate surface area is 149 Å². The van der Waals surface area contributed by atoms with E-state index in [0.29, 0.717) is 29.7 Å². The second-order valence-corrected chi connectivity index (χ2v) is 6.39. The minimum absolute atomic E-state index is 0.145. The molecule has 1 aliphatic rings. The molecule has 1 aromatic heterocycles. The Kier molecular flexibility index (Phi) is 5.33. The molecule has 2 aromatic rings. The minimum Gasteiger partial charge on any atom is -0.480 e. The summed E-state index contributed by atoms with van der Waals surface area (Å²) in [5, 5.41) is 13.8. The van der Waals surface area contributed by atoms with Crippen LogP contribution < -0.4 is 0 Å². The highest BCUT2D eigenvalue weighted by molar-refractivity contribution is 6.30. The minimum atomic E-state index is -0.948. The molecule has 132 valence electrons. The average molecular weight is 364 g/mol. The smallest absolute Gasteiger partial charge is 0.326 e. The van der Waals surface area contributed by atoms with Gasteiger partial charge < -0.3 is 14.5 Å². The van der Waals surface area contributed by atoms with Gasteiger partial charge in [-0.1, -0.05) is 16.8 Å². The van der Waals surface area contributed by atoms with Gasteiger partial charge in [-0.15, -0.1) is 0 Å². The molecule has 7 nitrogen and oxygen atoms in total. The monoisotopic (exact) mass is 363 g/mol. The molecule has 1 fully saturated rings. The maximum absolute atomic E-state index is 12.4. The summed E-state index contributed by atoms with van der Waals surface area (Å²) in [6.45, 7) is 0.482. The number of benzene rings is 1. The zero-order valence-corrected chi connectivity index (χ0v) is 14.3. The van der Waals surface area contributed by atoms with Crippen molar-refractivity contribution in [1.82, 2.24) is 15.0 Å². The highest BCUT2D eigenvalue weighted by Crippen LogP contribution is 2.21. The number of carbonyl (C=O) groups is 2. The zero-order valence-electron chi connectivity index (χ0n) is 13.5. The van der Waals surface area contributed by atoms with E-state index in [1.165, 1.54) is 4.90 Å². The number of hydrogen-bond donors (Lipinski definition) is 1. The van der Waals surface area contributed by atoms with E-state index in [1.54, 1.807) is 24.3 Å². The molecule has 1 aromatic carbocycles. The summed E-state index contributed by atoms with van der Waals surface area (Å²) in [6, 6.07) is 6.31. The van der Waals surface area contributed by atoms with Crippen molar-refractivity contribution in [1.29, 1.82) is 0 Å². The van der Waals surface area contributed by atoms with Crippen molar-refractivity contribution in [3.63, 3.8) is 0 Å². The van der Waals surface area contributed by atoms with Crippen molar-refractivity contribution in [2.45, 2.75) is 38.1 Å². The lowest BCUT2D eigenvalue weighted by Crippen LogP contribution is -2.48.